The van der Waals surface area contributed by atoms with Gasteiger partial charge in [-0.3, -0.25) is 4.79 Å². The number of hydrogen-bond donors (Lipinski definition) is 2. The fourth-order valence-corrected chi connectivity index (χ4v) is 1.40. The van der Waals surface area contributed by atoms with Gasteiger partial charge < -0.3 is 10.4 Å². The molecule has 0 spiro atoms. The first-order valence-corrected chi connectivity index (χ1v) is 5.64. The zero-order valence-corrected chi connectivity index (χ0v) is 10.7. The van der Waals surface area contributed by atoms with Gasteiger partial charge in [0, 0.05) is 6.54 Å². The van der Waals surface area contributed by atoms with Gasteiger partial charge in [-0.25, -0.2) is 22.0 Å². The predicted octanol–water partition coefficient (Wildman–Crippen LogP) is 3.29. The SMILES string of the molecule is CCC(C)(CNc1c(F)c(F)c(F)c(F)c1F)C(=O)O. The second kappa shape index (κ2) is 5.64. The van der Waals surface area contributed by atoms with E-state index in [0.29, 0.717) is 0 Å². The van der Waals surface area contributed by atoms with E-state index in [1.807, 2.05) is 5.32 Å². The molecule has 0 aliphatic carbocycles. The van der Waals surface area contributed by atoms with E-state index in [-0.39, 0.29) is 6.42 Å². The Kier molecular flexibility index (Phi) is 4.57. The van der Waals surface area contributed by atoms with Crippen molar-refractivity contribution in [1.82, 2.24) is 0 Å². The molecule has 0 saturated carbocycles. The second-order valence-corrected chi connectivity index (χ2v) is 4.52. The van der Waals surface area contributed by atoms with Gasteiger partial charge in [0.05, 0.1) is 5.41 Å². The molecule has 1 rings (SSSR count). The standard InChI is InChI=1S/C12H12F5NO2/c1-3-12(2,11(19)20)4-18-10-8(16)6(14)5(13)7(15)9(10)17/h18H,3-4H2,1-2H3,(H,19,20). The number of rotatable bonds is 5. The van der Waals surface area contributed by atoms with E-state index in [4.69, 9.17) is 5.11 Å². The maximum Gasteiger partial charge on any atom is 0.311 e. The van der Waals surface area contributed by atoms with Crippen LogP contribution in [0.1, 0.15) is 20.3 Å². The van der Waals surface area contributed by atoms with E-state index in [0.717, 1.165) is 0 Å². The highest BCUT2D eigenvalue weighted by atomic mass is 19.2. The quantitative estimate of drug-likeness (QED) is 0.498. The third-order valence-corrected chi connectivity index (χ3v) is 3.16. The third-order valence-electron chi connectivity index (χ3n) is 3.16. The van der Waals surface area contributed by atoms with Crippen LogP contribution in [0.3, 0.4) is 0 Å². The van der Waals surface area contributed by atoms with Gasteiger partial charge in [-0.1, -0.05) is 6.92 Å². The zero-order chi connectivity index (χ0) is 15.7. The highest BCUT2D eigenvalue weighted by Gasteiger charge is 2.33. The lowest BCUT2D eigenvalue weighted by molar-refractivity contribution is -0.147. The van der Waals surface area contributed by atoms with Gasteiger partial charge in [0.15, 0.2) is 23.3 Å². The van der Waals surface area contributed by atoms with Crippen LogP contribution in [0.25, 0.3) is 0 Å². The van der Waals surface area contributed by atoms with Crippen molar-refractivity contribution in [3.63, 3.8) is 0 Å². The van der Waals surface area contributed by atoms with Crippen molar-refractivity contribution in [2.45, 2.75) is 20.3 Å². The third kappa shape index (κ3) is 2.68. The minimum Gasteiger partial charge on any atom is -0.481 e. The summed E-state index contributed by atoms with van der Waals surface area (Å²) < 4.78 is 65.4. The molecule has 0 saturated heterocycles. The molecule has 1 unspecified atom stereocenters. The van der Waals surface area contributed by atoms with Gasteiger partial charge in [-0.15, -0.1) is 0 Å². The molecule has 0 amide bonds. The van der Waals surface area contributed by atoms with Gasteiger partial charge in [0.1, 0.15) is 5.69 Å². The van der Waals surface area contributed by atoms with Crippen molar-refractivity contribution >= 4 is 11.7 Å². The number of carboxylic acids is 1. The number of aliphatic carboxylic acids is 1. The first-order valence-electron chi connectivity index (χ1n) is 5.64. The minimum atomic E-state index is -2.26. The zero-order valence-electron chi connectivity index (χ0n) is 10.7. The summed E-state index contributed by atoms with van der Waals surface area (Å²) in [5.74, 6) is -11.7. The van der Waals surface area contributed by atoms with E-state index in [2.05, 4.69) is 0 Å². The van der Waals surface area contributed by atoms with Crippen LogP contribution in [-0.4, -0.2) is 17.6 Å². The topological polar surface area (TPSA) is 49.3 Å². The Morgan fingerprint density at radius 1 is 1.05 bits per heavy atom. The minimum absolute atomic E-state index is 0.102. The first kappa shape index (κ1) is 16.2. The fraction of sp³-hybridized carbons (Fsp3) is 0.417. The summed E-state index contributed by atoms with van der Waals surface area (Å²) in [5, 5.41) is 11.0. The molecule has 0 fully saturated rings. The van der Waals surface area contributed by atoms with Crippen LogP contribution in [0.15, 0.2) is 0 Å². The molecule has 0 bridgehead atoms. The number of carbonyl (C=O) groups is 1. The van der Waals surface area contributed by atoms with Crippen molar-refractivity contribution in [1.29, 1.82) is 0 Å². The molecule has 20 heavy (non-hydrogen) atoms. The van der Waals surface area contributed by atoms with Crippen LogP contribution < -0.4 is 5.32 Å². The second-order valence-electron chi connectivity index (χ2n) is 4.52. The van der Waals surface area contributed by atoms with Gasteiger partial charge >= 0.3 is 5.97 Å². The van der Waals surface area contributed by atoms with Gasteiger partial charge in [-0.05, 0) is 13.3 Å². The van der Waals surface area contributed by atoms with Crippen LogP contribution in [0.4, 0.5) is 27.6 Å². The predicted molar refractivity (Wildman–Crippen MR) is 60.8 cm³/mol. The Balaban J connectivity index is 3.15. The van der Waals surface area contributed by atoms with Crippen LogP contribution >= 0.6 is 0 Å². The van der Waals surface area contributed by atoms with E-state index >= 15 is 0 Å². The van der Waals surface area contributed by atoms with Crippen LogP contribution in [0, 0.1) is 34.5 Å². The van der Waals surface area contributed by atoms with Gasteiger partial charge in [0.2, 0.25) is 5.82 Å². The fourth-order valence-electron chi connectivity index (χ4n) is 1.40. The van der Waals surface area contributed by atoms with E-state index in [9.17, 15) is 26.7 Å². The van der Waals surface area contributed by atoms with E-state index < -0.39 is 52.7 Å². The lowest BCUT2D eigenvalue weighted by Gasteiger charge is -2.24. The molecule has 1 aromatic rings. The van der Waals surface area contributed by atoms with Crippen LogP contribution in [0.5, 0.6) is 0 Å². The average molecular weight is 297 g/mol. The number of nitrogens with one attached hydrogen (secondary N) is 1. The molecule has 1 aromatic carbocycles. The highest BCUT2D eigenvalue weighted by molar-refractivity contribution is 5.75. The smallest absolute Gasteiger partial charge is 0.311 e. The lowest BCUT2D eigenvalue weighted by Crippen LogP contribution is -2.34. The largest absolute Gasteiger partial charge is 0.481 e. The van der Waals surface area contributed by atoms with E-state index in [1.165, 1.54) is 13.8 Å². The Labute approximate surface area is 111 Å². The lowest BCUT2D eigenvalue weighted by atomic mass is 9.87. The summed E-state index contributed by atoms with van der Waals surface area (Å²) in [5.41, 5.74) is -2.64. The van der Waals surface area contributed by atoms with Crippen molar-refractivity contribution in [2.75, 3.05) is 11.9 Å². The molecular weight excluding hydrogens is 285 g/mol. The van der Waals surface area contributed by atoms with Gasteiger partial charge in [-0.2, -0.15) is 0 Å². The average Bonchev–Trinajstić information content (AvgIpc) is 2.42. The molecule has 3 nitrogen and oxygen atoms in total. The first-order chi connectivity index (χ1) is 9.15. The summed E-state index contributed by atoms with van der Waals surface area (Å²) in [6, 6.07) is 0. The molecule has 8 heteroatoms. The molecular formula is C12H12F5NO2. The van der Waals surface area contributed by atoms with Crippen LogP contribution in [-0.2, 0) is 4.79 Å². The number of halogens is 5. The molecule has 0 aliphatic heterocycles. The Morgan fingerprint density at radius 2 is 1.45 bits per heavy atom. The molecule has 0 aromatic heterocycles. The van der Waals surface area contributed by atoms with Crippen molar-refractivity contribution in [3.8, 4) is 0 Å². The number of anilines is 1. The van der Waals surface area contributed by atoms with Crippen LogP contribution in [0.2, 0.25) is 0 Å². The maximum absolute atomic E-state index is 13.4. The molecule has 0 radical (unpaired) electrons. The summed E-state index contributed by atoms with van der Waals surface area (Å²) in [7, 11) is 0. The number of hydrogen-bond acceptors (Lipinski definition) is 2. The van der Waals surface area contributed by atoms with Gasteiger partial charge in [0.25, 0.3) is 0 Å². The van der Waals surface area contributed by atoms with Crippen molar-refractivity contribution in [2.24, 2.45) is 5.41 Å². The number of benzene rings is 1. The molecule has 112 valence electrons. The van der Waals surface area contributed by atoms with E-state index in [1.54, 1.807) is 0 Å². The monoisotopic (exact) mass is 297 g/mol. The molecule has 1 atom stereocenters. The molecule has 0 heterocycles. The molecule has 0 aliphatic rings. The summed E-state index contributed by atoms with van der Waals surface area (Å²) in [6.45, 7) is 2.32. The Bertz CT molecular complexity index is 520. The summed E-state index contributed by atoms with van der Waals surface area (Å²) in [6.07, 6.45) is 0.102. The Hall–Kier alpha value is -1.86. The van der Waals surface area contributed by atoms with Crippen molar-refractivity contribution in [3.05, 3.63) is 29.1 Å². The summed E-state index contributed by atoms with van der Waals surface area (Å²) >= 11 is 0. The Morgan fingerprint density at radius 3 is 1.80 bits per heavy atom. The summed E-state index contributed by atoms with van der Waals surface area (Å²) in [4.78, 5) is 11.0. The molecule has 2 N–H and O–H groups in total. The van der Waals surface area contributed by atoms with Crippen molar-refractivity contribution < 1.29 is 31.9 Å². The number of carboxylic acid groups (broad SMARTS) is 1. The highest BCUT2D eigenvalue weighted by Crippen LogP contribution is 2.29. The maximum atomic E-state index is 13.4. The normalized spacial score (nSPS) is 13.9.